The Morgan fingerprint density at radius 2 is 2.00 bits per heavy atom. The third-order valence-corrected chi connectivity index (χ3v) is 4.17. The first kappa shape index (κ1) is 16.8. The molecule has 0 unspecified atom stereocenters. The lowest BCUT2D eigenvalue weighted by Crippen LogP contribution is -2.26. The van der Waals surface area contributed by atoms with Gasteiger partial charge in [0.2, 0.25) is 0 Å². The van der Waals surface area contributed by atoms with Gasteiger partial charge in [0.1, 0.15) is 5.75 Å². The highest BCUT2D eigenvalue weighted by Gasteiger charge is 2.17. The van der Waals surface area contributed by atoms with E-state index in [0.717, 1.165) is 21.3 Å². The number of carbonyl (C=O) groups is 1. The number of methoxy groups -OCH3 is 1. The number of aryl methyl sites for hydroxylation is 1. The average Bonchev–Trinajstić information content (AvgIpc) is 2.49. The van der Waals surface area contributed by atoms with E-state index in [9.17, 15) is 4.79 Å². The summed E-state index contributed by atoms with van der Waals surface area (Å²) in [5.74, 6) is 0.639. The normalized spacial score (nSPS) is 10.4. The minimum Gasteiger partial charge on any atom is -0.496 e. The van der Waals surface area contributed by atoms with E-state index in [4.69, 9.17) is 16.3 Å². The zero-order valence-electron chi connectivity index (χ0n) is 12.7. The summed E-state index contributed by atoms with van der Waals surface area (Å²) in [6.45, 7) is 2.46. The molecule has 0 heterocycles. The van der Waals surface area contributed by atoms with Crippen LogP contribution in [0.5, 0.6) is 5.75 Å². The highest BCUT2D eigenvalue weighted by atomic mass is 79.9. The molecular formula is C17H17BrClNO2. The first-order chi connectivity index (χ1) is 10.4. The van der Waals surface area contributed by atoms with Gasteiger partial charge in [0.05, 0.1) is 17.7 Å². The molecule has 0 fully saturated rings. The van der Waals surface area contributed by atoms with Crippen molar-refractivity contribution in [3.63, 3.8) is 0 Å². The molecule has 0 N–H and O–H groups in total. The fraction of sp³-hybridized carbons (Fsp3) is 0.235. The van der Waals surface area contributed by atoms with E-state index < -0.39 is 0 Å². The SMILES string of the molecule is COc1ccc(C)cc1CN(C)C(=O)c1cc(Br)ccc1Cl. The third kappa shape index (κ3) is 3.81. The van der Waals surface area contributed by atoms with E-state index in [1.807, 2.05) is 31.2 Å². The van der Waals surface area contributed by atoms with Crippen LogP contribution in [0.25, 0.3) is 0 Å². The summed E-state index contributed by atoms with van der Waals surface area (Å²) in [5.41, 5.74) is 2.56. The van der Waals surface area contributed by atoms with Crippen LogP contribution in [0.15, 0.2) is 40.9 Å². The molecule has 0 aliphatic carbocycles. The summed E-state index contributed by atoms with van der Waals surface area (Å²) >= 11 is 9.49. The first-order valence-electron chi connectivity index (χ1n) is 6.76. The van der Waals surface area contributed by atoms with Crippen molar-refractivity contribution in [2.24, 2.45) is 0 Å². The van der Waals surface area contributed by atoms with Gasteiger partial charge in [-0.2, -0.15) is 0 Å². The Hall–Kier alpha value is -1.52. The van der Waals surface area contributed by atoms with Crippen LogP contribution < -0.4 is 4.74 Å². The molecule has 0 radical (unpaired) electrons. The molecule has 2 aromatic carbocycles. The molecule has 0 saturated heterocycles. The Labute approximate surface area is 144 Å². The highest BCUT2D eigenvalue weighted by Crippen LogP contribution is 2.25. The molecule has 2 rings (SSSR count). The lowest BCUT2D eigenvalue weighted by atomic mass is 10.1. The van der Waals surface area contributed by atoms with Crippen molar-refractivity contribution in [2.45, 2.75) is 13.5 Å². The van der Waals surface area contributed by atoms with Crippen molar-refractivity contribution < 1.29 is 9.53 Å². The van der Waals surface area contributed by atoms with Gasteiger partial charge < -0.3 is 9.64 Å². The van der Waals surface area contributed by atoms with Crippen molar-refractivity contribution in [3.8, 4) is 5.75 Å². The minimum absolute atomic E-state index is 0.130. The molecule has 0 atom stereocenters. The molecule has 3 nitrogen and oxygen atoms in total. The molecule has 0 spiro atoms. The summed E-state index contributed by atoms with van der Waals surface area (Å²) in [6, 6.07) is 11.2. The molecule has 1 amide bonds. The van der Waals surface area contributed by atoms with Crippen molar-refractivity contribution >= 4 is 33.4 Å². The number of rotatable bonds is 4. The Morgan fingerprint density at radius 3 is 2.68 bits per heavy atom. The van der Waals surface area contributed by atoms with Crippen LogP contribution in [0, 0.1) is 6.92 Å². The first-order valence-corrected chi connectivity index (χ1v) is 7.93. The van der Waals surface area contributed by atoms with Crippen molar-refractivity contribution in [1.29, 1.82) is 0 Å². The van der Waals surface area contributed by atoms with E-state index in [1.54, 1.807) is 31.2 Å². The summed E-state index contributed by atoms with van der Waals surface area (Å²) in [4.78, 5) is 14.2. The third-order valence-electron chi connectivity index (χ3n) is 3.35. The van der Waals surface area contributed by atoms with Gasteiger partial charge in [-0.15, -0.1) is 0 Å². The van der Waals surface area contributed by atoms with Gasteiger partial charge >= 0.3 is 0 Å². The van der Waals surface area contributed by atoms with Crippen LogP contribution in [-0.4, -0.2) is 25.0 Å². The fourth-order valence-electron chi connectivity index (χ4n) is 2.23. The molecule has 0 aliphatic rings. The fourth-order valence-corrected chi connectivity index (χ4v) is 2.78. The molecule has 5 heteroatoms. The van der Waals surface area contributed by atoms with Gasteiger partial charge in [0, 0.05) is 23.6 Å². The Morgan fingerprint density at radius 1 is 1.27 bits per heavy atom. The molecule has 0 saturated carbocycles. The van der Waals surface area contributed by atoms with Gasteiger partial charge in [-0.1, -0.05) is 45.2 Å². The van der Waals surface area contributed by atoms with Crippen LogP contribution >= 0.6 is 27.5 Å². The quantitative estimate of drug-likeness (QED) is 0.767. The molecule has 0 aromatic heterocycles. The molecular weight excluding hydrogens is 366 g/mol. The predicted octanol–water partition coefficient (Wildman–Crippen LogP) is 4.69. The monoisotopic (exact) mass is 381 g/mol. The number of nitrogens with zero attached hydrogens (tertiary/aromatic N) is 1. The standard InChI is InChI=1S/C17H17BrClNO2/c1-11-4-7-16(22-3)12(8-11)10-20(2)17(21)14-9-13(18)5-6-15(14)19/h4-9H,10H2,1-3H3. The summed E-state index contributed by atoms with van der Waals surface area (Å²) < 4.78 is 6.18. The topological polar surface area (TPSA) is 29.5 Å². The van der Waals surface area contributed by atoms with E-state index in [2.05, 4.69) is 15.9 Å². The Bertz CT molecular complexity index is 703. The number of carbonyl (C=O) groups excluding carboxylic acids is 1. The molecule has 0 bridgehead atoms. The van der Waals surface area contributed by atoms with E-state index in [0.29, 0.717) is 17.1 Å². The largest absolute Gasteiger partial charge is 0.496 e. The maximum atomic E-state index is 12.6. The zero-order chi connectivity index (χ0) is 16.3. The number of ether oxygens (including phenoxy) is 1. The smallest absolute Gasteiger partial charge is 0.255 e. The second-order valence-corrected chi connectivity index (χ2v) is 6.42. The van der Waals surface area contributed by atoms with Gasteiger partial charge in [0.25, 0.3) is 5.91 Å². The maximum absolute atomic E-state index is 12.6. The number of amides is 1. The summed E-state index contributed by atoms with van der Waals surface area (Å²) in [7, 11) is 3.38. The van der Waals surface area contributed by atoms with E-state index >= 15 is 0 Å². The van der Waals surface area contributed by atoms with Gasteiger partial charge in [-0.3, -0.25) is 4.79 Å². The van der Waals surface area contributed by atoms with Crippen molar-refractivity contribution in [2.75, 3.05) is 14.2 Å². The van der Waals surface area contributed by atoms with Gasteiger partial charge in [-0.05, 0) is 31.2 Å². The second-order valence-electron chi connectivity index (χ2n) is 5.10. The van der Waals surface area contributed by atoms with Crippen molar-refractivity contribution in [1.82, 2.24) is 4.90 Å². The van der Waals surface area contributed by atoms with Crippen LogP contribution in [0.2, 0.25) is 5.02 Å². The molecule has 2 aromatic rings. The zero-order valence-corrected chi connectivity index (χ0v) is 15.0. The second kappa shape index (κ2) is 7.16. The van der Waals surface area contributed by atoms with E-state index in [1.165, 1.54) is 0 Å². The van der Waals surface area contributed by atoms with Crippen LogP contribution in [-0.2, 0) is 6.54 Å². The number of hydrogen-bond acceptors (Lipinski definition) is 2. The van der Waals surface area contributed by atoms with Gasteiger partial charge in [0.15, 0.2) is 0 Å². The van der Waals surface area contributed by atoms with Crippen LogP contribution in [0.3, 0.4) is 0 Å². The number of halogens is 2. The predicted molar refractivity (Wildman–Crippen MR) is 92.7 cm³/mol. The average molecular weight is 383 g/mol. The molecule has 22 heavy (non-hydrogen) atoms. The Balaban J connectivity index is 2.25. The molecule has 0 aliphatic heterocycles. The lowest BCUT2D eigenvalue weighted by Gasteiger charge is -2.20. The number of benzene rings is 2. The summed E-state index contributed by atoms with van der Waals surface area (Å²) in [6.07, 6.45) is 0. The summed E-state index contributed by atoms with van der Waals surface area (Å²) in [5, 5.41) is 0.441. The van der Waals surface area contributed by atoms with Gasteiger partial charge in [-0.25, -0.2) is 0 Å². The van der Waals surface area contributed by atoms with E-state index in [-0.39, 0.29) is 5.91 Å². The maximum Gasteiger partial charge on any atom is 0.255 e. The minimum atomic E-state index is -0.130. The lowest BCUT2D eigenvalue weighted by molar-refractivity contribution is 0.0784. The van der Waals surface area contributed by atoms with Crippen molar-refractivity contribution in [3.05, 3.63) is 62.6 Å². The highest BCUT2D eigenvalue weighted by molar-refractivity contribution is 9.10. The van der Waals surface area contributed by atoms with Crippen LogP contribution in [0.1, 0.15) is 21.5 Å². The number of hydrogen-bond donors (Lipinski definition) is 0. The molecule has 116 valence electrons. The van der Waals surface area contributed by atoms with Crippen LogP contribution in [0.4, 0.5) is 0 Å². The Kier molecular flexibility index (Phi) is 5.48.